The van der Waals surface area contributed by atoms with Crippen LogP contribution in [0, 0.1) is 17.0 Å². The molecule has 0 N–H and O–H groups in total. The molecular formula is C12H9N3O2S. The first-order chi connectivity index (χ1) is 8.66. The molecule has 0 bridgehead atoms. The van der Waals surface area contributed by atoms with Gasteiger partial charge in [0.25, 0.3) is 5.69 Å². The van der Waals surface area contributed by atoms with Crippen LogP contribution in [-0.2, 0) is 0 Å². The van der Waals surface area contributed by atoms with Gasteiger partial charge in [0.15, 0.2) is 4.96 Å². The van der Waals surface area contributed by atoms with Gasteiger partial charge in [0.05, 0.1) is 10.6 Å². The lowest BCUT2D eigenvalue weighted by atomic mass is 10.1. The summed E-state index contributed by atoms with van der Waals surface area (Å²) < 4.78 is 1.96. The summed E-state index contributed by atoms with van der Waals surface area (Å²) in [6.07, 6.45) is 3.60. The number of imidazole rings is 1. The second kappa shape index (κ2) is 3.92. The van der Waals surface area contributed by atoms with Crippen molar-refractivity contribution in [3.8, 4) is 11.3 Å². The van der Waals surface area contributed by atoms with Gasteiger partial charge in [0.2, 0.25) is 0 Å². The van der Waals surface area contributed by atoms with Crippen molar-refractivity contribution in [2.45, 2.75) is 6.92 Å². The van der Waals surface area contributed by atoms with E-state index in [1.54, 1.807) is 29.7 Å². The molecule has 0 saturated heterocycles. The van der Waals surface area contributed by atoms with Gasteiger partial charge in [0.1, 0.15) is 0 Å². The Balaban J connectivity index is 2.25. The number of non-ortho nitro benzene ring substituents is 1. The summed E-state index contributed by atoms with van der Waals surface area (Å²) in [5.74, 6) is 0. The lowest BCUT2D eigenvalue weighted by Crippen LogP contribution is -1.90. The number of thiazole rings is 1. The summed E-state index contributed by atoms with van der Waals surface area (Å²) >= 11 is 1.58. The topological polar surface area (TPSA) is 60.4 Å². The molecule has 0 radical (unpaired) electrons. The van der Waals surface area contributed by atoms with Crippen LogP contribution in [0.1, 0.15) is 4.88 Å². The Morgan fingerprint density at radius 3 is 3.06 bits per heavy atom. The van der Waals surface area contributed by atoms with E-state index < -0.39 is 0 Å². The largest absolute Gasteiger partial charge is 0.290 e. The molecule has 3 aromatic rings. The number of nitro benzene ring substituents is 1. The highest BCUT2D eigenvalue weighted by atomic mass is 32.1. The summed E-state index contributed by atoms with van der Waals surface area (Å²) in [5.41, 5.74) is 1.91. The molecule has 0 aliphatic carbocycles. The maximum atomic E-state index is 10.8. The molecule has 0 spiro atoms. The van der Waals surface area contributed by atoms with Crippen molar-refractivity contribution >= 4 is 22.0 Å². The van der Waals surface area contributed by atoms with Crippen LogP contribution >= 0.6 is 11.3 Å². The van der Waals surface area contributed by atoms with Crippen LogP contribution in [0.2, 0.25) is 0 Å². The zero-order valence-electron chi connectivity index (χ0n) is 9.53. The van der Waals surface area contributed by atoms with Gasteiger partial charge in [-0.2, -0.15) is 0 Å². The standard InChI is InChI=1S/C12H9N3O2S/c1-8-11(14-6-5-13-12(14)18-8)9-3-2-4-10(7-9)15(16)17/h2-7H,1H3. The first-order valence-corrected chi connectivity index (χ1v) is 6.16. The molecule has 0 fully saturated rings. The lowest BCUT2D eigenvalue weighted by molar-refractivity contribution is -0.384. The zero-order chi connectivity index (χ0) is 12.7. The average molecular weight is 259 g/mol. The molecule has 18 heavy (non-hydrogen) atoms. The Hall–Kier alpha value is -2.21. The Morgan fingerprint density at radius 1 is 1.44 bits per heavy atom. The van der Waals surface area contributed by atoms with E-state index in [4.69, 9.17) is 0 Å². The monoisotopic (exact) mass is 259 g/mol. The van der Waals surface area contributed by atoms with E-state index in [1.165, 1.54) is 6.07 Å². The maximum Gasteiger partial charge on any atom is 0.270 e. The minimum absolute atomic E-state index is 0.103. The normalized spacial score (nSPS) is 10.9. The predicted molar refractivity (Wildman–Crippen MR) is 69.9 cm³/mol. The van der Waals surface area contributed by atoms with E-state index in [9.17, 15) is 10.1 Å². The molecule has 0 unspecified atom stereocenters. The summed E-state index contributed by atoms with van der Waals surface area (Å²) in [7, 11) is 0. The molecule has 1 aromatic carbocycles. The number of nitro groups is 1. The summed E-state index contributed by atoms with van der Waals surface area (Å²) in [5, 5.41) is 10.8. The molecular weight excluding hydrogens is 250 g/mol. The number of aromatic nitrogens is 2. The number of fused-ring (bicyclic) bond motifs is 1. The van der Waals surface area contributed by atoms with Gasteiger partial charge >= 0.3 is 0 Å². The van der Waals surface area contributed by atoms with Crippen molar-refractivity contribution in [2.75, 3.05) is 0 Å². The third-order valence-electron chi connectivity index (χ3n) is 2.76. The van der Waals surface area contributed by atoms with Crippen LogP contribution in [0.15, 0.2) is 36.7 Å². The molecule has 2 aromatic heterocycles. The van der Waals surface area contributed by atoms with E-state index in [-0.39, 0.29) is 10.6 Å². The molecule has 0 atom stereocenters. The third-order valence-corrected chi connectivity index (χ3v) is 3.74. The minimum atomic E-state index is -0.379. The van der Waals surface area contributed by atoms with Gasteiger partial charge in [-0.05, 0) is 6.92 Å². The minimum Gasteiger partial charge on any atom is -0.290 e. The van der Waals surface area contributed by atoms with Crippen LogP contribution in [0.5, 0.6) is 0 Å². The van der Waals surface area contributed by atoms with Crippen molar-refractivity contribution in [3.05, 3.63) is 51.7 Å². The second-order valence-corrected chi connectivity index (χ2v) is 5.08. The summed E-state index contributed by atoms with van der Waals surface area (Å²) in [6.45, 7) is 1.99. The molecule has 6 heteroatoms. The molecule has 0 aliphatic heterocycles. The van der Waals surface area contributed by atoms with Crippen LogP contribution in [0.3, 0.4) is 0 Å². The number of benzene rings is 1. The van der Waals surface area contributed by atoms with E-state index >= 15 is 0 Å². The highest BCUT2D eigenvalue weighted by Gasteiger charge is 2.14. The number of hydrogen-bond donors (Lipinski definition) is 0. The maximum absolute atomic E-state index is 10.8. The van der Waals surface area contributed by atoms with Crippen molar-refractivity contribution in [1.82, 2.24) is 9.38 Å². The van der Waals surface area contributed by atoms with Gasteiger partial charge in [-0.1, -0.05) is 12.1 Å². The SMILES string of the molecule is Cc1sc2nccn2c1-c1cccc([N+](=O)[O-])c1. The van der Waals surface area contributed by atoms with Crippen LogP contribution in [0.25, 0.3) is 16.2 Å². The van der Waals surface area contributed by atoms with Crippen molar-refractivity contribution in [3.63, 3.8) is 0 Å². The fourth-order valence-electron chi connectivity index (χ4n) is 2.00. The Kier molecular flexibility index (Phi) is 2.38. The second-order valence-electron chi connectivity index (χ2n) is 3.89. The third kappa shape index (κ3) is 1.58. The molecule has 90 valence electrons. The lowest BCUT2D eigenvalue weighted by Gasteiger charge is -2.01. The first kappa shape index (κ1) is 10.9. The number of nitrogens with zero attached hydrogens (tertiary/aromatic N) is 3. The van der Waals surface area contributed by atoms with Crippen molar-refractivity contribution in [2.24, 2.45) is 0 Å². The molecule has 0 amide bonds. The predicted octanol–water partition coefficient (Wildman–Crippen LogP) is 3.28. The Bertz CT molecular complexity index is 745. The Labute approximate surface area is 106 Å². The van der Waals surface area contributed by atoms with Crippen LogP contribution < -0.4 is 0 Å². The van der Waals surface area contributed by atoms with Gasteiger partial charge in [-0.3, -0.25) is 14.5 Å². The van der Waals surface area contributed by atoms with E-state index in [1.807, 2.05) is 23.6 Å². The highest BCUT2D eigenvalue weighted by Crippen LogP contribution is 2.32. The number of hydrogen-bond acceptors (Lipinski definition) is 4. The molecule has 0 aliphatic rings. The van der Waals surface area contributed by atoms with Crippen molar-refractivity contribution in [1.29, 1.82) is 0 Å². The number of rotatable bonds is 2. The van der Waals surface area contributed by atoms with Crippen LogP contribution in [-0.4, -0.2) is 14.3 Å². The zero-order valence-corrected chi connectivity index (χ0v) is 10.3. The summed E-state index contributed by atoms with van der Waals surface area (Å²) in [6, 6.07) is 6.67. The molecule has 0 saturated carbocycles. The van der Waals surface area contributed by atoms with Gasteiger partial charge in [0, 0.05) is 35.0 Å². The van der Waals surface area contributed by atoms with Crippen LogP contribution in [0.4, 0.5) is 5.69 Å². The fraction of sp³-hybridized carbons (Fsp3) is 0.0833. The Morgan fingerprint density at radius 2 is 2.28 bits per heavy atom. The molecule has 3 rings (SSSR count). The average Bonchev–Trinajstić information content (AvgIpc) is 2.88. The van der Waals surface area contributed by atoms with Gasteiger partial charge in [-0.25, -0.2) is 4.98 Å². The summed E-state index contributed by atoms with van der Waals surface area (Å²) in [4.78, 5) is 16.7. The molecule has 2 heterocycles. The van der Waals surface area contributed by atoms with Crippen molar-refractivity contribution < 1.29 is 4.92 Å². The first-order valence-electron chi connectivity index (χ1n) is 5.34. The smallest absolute Gasteiger partial charge is 0.270 e. The number of aryl methyl sites for hydroxylation is 1. The van der Waals surface area contributed by atoms with Gasteiger partial charge in [-0.15, -0.1) is 11.3 Å². The van der Waals surface area contributed by atoms with E-state index in [0.29, 0.717) is 0 Å². The van der Waals surface area contributed by atoms with E-state index in [0.717, 1.165) is 21.1 Å². The molecule has 5 nitrogen and oxygen atoms in total. The van der Waals surface area contributed by atoms with E-state index in [2.05, 4.69) is 4.98 Å². The van der Waals surface area contributed by atoms with Gasteiger partial charge < -0.3 is 0 Å². The quantitative estimate of drug-likeness (QED) is 0.524. The highest BCUT2D eigenvalue weighted by molar-refractivity contribution is 7.17. The fourth-order valence-corrected chi connectivity index (χ4v) is 2.95.